The van der Waals surface area contributed by atoms with Gasteiger partial charge in [0.05, 0.1) is 41.2 Å². The van der Waals surface area contributed by atoms with Crippen molar-refractivity contribution in [3.8, 4) is 5.75 Å². The van der Waals surface area contributed by atoms with Gasteiger partial charge in [0.2, 0.25) is 0 Å². The Bertz CT molecular complexity index is 1420. The molecule has 1 unspecified atom stereocenters. The minimum atomic E-state index is -0.490. The second-order valence-electron chi connectivity index (χ2n) is 10.7. The number of nitrogens with one attached hydrogen (secondary N) is 2. The molecule has 0 spiro atoms. The number of β-amino-alcohol motifs (C(OH)–C–C–N with tert-alkyl or cyclic N) is 1. The zero-order valence-corrected chi connectivity index (χ0v) is 25.4. The van der Waals surface area contributed by atoms with Crippen LogP contribution >= 0.6 is 23.2 Å². The highest BCUT2D eigenvalue weighted by Crippen LogP contribution is 2.31. The van der Waals surface area contributed by atoms with E-state index in [-0.39, 0.29) is 23.5 Å². The molecule has 5 rings (SSSR count). The van der Waals surface area contributed by atoms with Crippen molar-refractivity contribution >= 4 is 52.2 Å². The molecule has 3 aromatic rings. The number of pyridine rings is 1. The van der Waals surface area contributed by atoms with Gasteiger partial charge < -0.3 is 35.0 Å². The van der Waals surface area contributed by atoms with E-state index >= 15 is 0 Å². The summed E-state index contributed by atoms with van der Waals surface area (Å²) in [5.41, 5.74) is 1.76. The minimum Gasteiger partial charge on any atom is -0.489 e. The Kier molecular flexibility index (Phi) is 10.4. The molecule has 3 heterocycles. The van der Waals surface area contributed by atoms with Crippen LogP contribution in [0.5, 0.6) is 5.75 Å². The summed E-state index contributed by atoms with van der Waals surface area (Å²) in [4.78, 5) is 35.4. The maximum absolute atomic E-state index is 13.7. The SMILES string of the molecule is CC(O)CN1CCC(Oc2cc(N3CCOCC3)ccc2C(=O)Nc2ccc(Cl)cc2C(=O)Nc2ccc(Cl)cn2)CC1. The molecular weight excluding hydrogens is 593 g/mol. The number of ether oxygens (including phenoxy) is 2. The molecule has 1 atom stereocenters. The van der Waals surface area contributed by atoms with Crippen molar-refractivity contribution in [2.75, 3.05) is 61.5 Å². The van der Waals surface area contributed by atoms with Crippen LogP contribution in [0.2, 0.25) is 10.0 Å². The normalized spacial score (nSPS) is 16.9. The zero-order chi connectivity index (χ0) is 30.3. The number of anilines is 3. The van der Waals surface area contributed by atoms with Crippen molar-refractivity contribution in [2.45, 2.75) is 32.0 Å². The Balaban J connectivity index is 1.37. The van der Waals surface area contributed by atoms with Gasteiger partial charge in [-0.15, -0.1) is 0 Å². The fourth-order valence-corrected chi connectivity index (χ4v) is 5.50. The van der Waals surface area contributed by atoms with Gasteiger partial charge in [-0.2, -0.15) is 0 Å². The van der Waals surface area contributed by atoms with Crippen molar-refractivity contribution in [3.63, 3.8) is 0 Å². The molecule has 0 bridgehead atoms. The number of benzene rings is 2. The summed E-state index contributed by atoms with van der Waals surface area (Å²) in [6.07, 6.45) is 2.50. The summed E-state index contributed by atoms with van der Waals surface area (Å²) in [7, 11) is 0. The molecule has 0 radical (unpaired) electrons. The zero-order valence-electron chi connectivity index (χ0n) is 23.9. The number of halogens is 2. The molecule has 2 amide bonds. The molecule has 1 aromatic heterocycles. The van der Waals surface area contributed by atoms with E-state index in [1.807, 2.05) is 12.1 Å². The molecule has 228 valence electrons. The van der Waals surface area contributed by atoms with E-state index in [1.54, 1.807) is 37.3 Å². The average molecular weight is 629 g/mol. The number of aliphatic hydroxyl groups excluding tert-OH is 1. The third-order valence-electron chi connectivity index (χ3n) is 7.38. The molecule has 2 aliphatic rings. The van der Waals surface area contributed by atoms with Gasteiger partial charge in [-0.1, -0.05) is 23.2 Å². The Labute approximate surface area is 260 Å². The molecular formula is C31H35Cl2N5O5. The monoisotopic (exact) mass is 627 g/mol. The van der Waals surface area contributed by atoms with Gasteiger partial charge >= 0.3 is 0 Å². The first-order valence-electron chi connectivity index (χ1n) is 14.3. The number of rotatable bonds is 9. The van der Waals surface area contributed by atoms with Crippen molar-refractivity contribution in [3.05, 3.63) is 75.9 Å². The number of carbonyl (C=O) groups excluding carboxylic acids is 2. The molecule has 10 nitrogen and oxygen atoms in total. The van der Waals surface area contributed by atoms with Gasteiger partial charge in [0.1, 0.15) is 17.7 Å². The standard InChI is InChI=1S/C31H35Cl2N5O5/c1-20(39)19-37-10-8-24(9-11-37)43-28-17-23(38-12-14-42-15-13-38)4-5-25(28)30(40)35-27-6-2-21(32)16-26(27)31(41)36-29-7-3-22(33)18-34-29/h2-7,16-18,20,24,39H,8-15,19H2,1H3,(H,35,40)(H,34,36,41). The molecule has 2 aromatic carbocycles. The number of nitrogens with zero attached hydrogens (tertiary/aromatic N) is 3. The van der Waals surface area contributed by atoms with E-state index in [0.717, 1.165) is 44.7 Å². The highest BCUT2D eigenvalue weighted by atomic mass is 35.5. The van der Waals surface area contributed by atoms with Crippen LogP contribution in [0.3, 0.4) is 0 Å². The summed E-state index contributed by atoms with van der Waals surface area (Å²) >= 11 is 12.1. The second-order valence-corrected chi connectivity index (χ2v) is 11.6. The molecule has 0 saturated carbocycles. The first-order valence-corrected chi connectivity index (χ1v) is 15.1. The summed E-state index contributed by atoms with van der Waals surface area (Å²) < 4.78 is 12.0. The number of carbonyl (C=O) groups is 2. The lowest BCUT2D eigenvalue weighted by molar-refractivity contribution is 0.0665. The fourth-order valence-electron chi connectivity index (χ4n) is 5.21. The van der Waals surface area contributed by atoms with Crippen molar-refractivity contribution in [1.29, 1.82) is 0 Å². The highest BCUT2D eigenvalue weighted by Gasteiger charge is 2.25. The van der Waals surface area contributed by atoms with Crippen LogP contribution in [0.4, 0.5) is 17.2 Å². The lowest BCUT2D eigenvalue weighted by Crippen LogP contribution is -2.41. The van der Waals surface area contributed by atoms with Crippen molar-refractivity contribution in [1.82, 2.24) is 9.88 Å². The van der Waals surface area contributed by atoms with Gasteiger partial charge in [-0.05, 0) is 62.2 Å². The molecule has 2 fully saturated rings. The quantitative estimate of drug-likeness (QED) is 0.305. The van der Waals surface area contributed by atoms with E-state index in [0.29, 0.717) is 46.9 Å². The van der Waals surface area contributed by atoms with E-state index in [4.69, 9.17) is 32.7 Å². The van der Waals surface area contributed by atoms with Crippen LogP contribution in [0.1, 0.15) is 40.5 Å². The number of hydrogen-bond donors (Lipinski definition) is 3. The topological polar surface area (TPSA) is 116 Å². The molecule has 3 N–H and O–H groups in total. The number of aliphatic hydroxyl groups is 1. The maximum Gasteiger partial charge on any atom is 0.259 e. The fraction of sp³-hybridized carbons (Fsp3) is 0.387. The van der Waals surface area contributed by atoms with Crippen LogP contribution in [-0.4, -0.2) is 85.0 Å². The van der Waals surface area contributed by atoms with Crippen LogP contribution in [0.15, 0.2) is 54.7 Å². The number of morpholine rings is 1. The summed E-state index contributed by atoms with van der Waals surface area (Å²) in [5.74, 6) is -0.131. The first kappa shape index (κ1) is 31.0. The third kappa shape index (κ3) is 8.36. The summed E-state index contributed by atoms with van der Waals surface area (Å²) in [6, 6.07) is 13.4. The lowest BCUT2D eigenvalue weighted by atomic mass is 10.1. The smallest absolute Gasteiger partial charge is 0.259 e. The van der Waals surface area contributed by atoms with E-state index in [2.05, 4.69) is 25.4 Å². The van der Waals surface area contributed by atoms with E-state index in [9.17, 15) is 14.7 Å². The van der Waals surface area contributed by atoms with Gasteiger partial charge in [-0.25, -0.2) is 4.98 Å². The number of hydrogen-bond acceptors (Lipinski definition) is 8. The third-order valence-corrected chi connectivity index (χ3v) is 7.84. The maximum atomic E-state index is 13.7. The highest BCUT2D eigenvalue weighted by molar-refractivity contribution is 6.31. The van der Waals surface area contributed by atoms with Crippen LogP contribution in [0, 0.1) is 0 Å². The molecule has 43 heavy (non-hydrogen) atoms. The van der Waals surface area contributed by atoms with Crippen molar-refractivity contribution in [2.24, 2.45) is 0 Å². The van der Waals surface area contributed by atoms with Crippen LogP contribution in [-0.2, 0) is 4.74 Å². The van der Waals surface area contributed by atoms with Gasteiger partial charge in [0, 0.05) is 55.7 Å². The predicted octanol–water partition coefficient (Wildman–Crippen LogP) is 4.95. The summed E-state index contributed by atoms with van der Waals surface area (Å²) in [5, 5.41) is 16.1. The molecule has 12 heteroatoms. The van der Waals surface area contributed by atoms with Gasteiger partial charge in [0.25, 0.3) is 11.8 Å². The van der Waals surface area contributed by atoms with Crippen LogP contribution in [0.25, 0.3) is 0 Å². The Morgan fingerprint density at radius 3 is 2.40 bits per heavy atom. The Morgan fingerprint density at radius 2 is 1.70 bits per heavy atom. The number of aromatic nitrogens is 1. The number of piperidine rings is 1. The molecule has 2 saturated heterocycles. The first-order chi connectivity index (χ1) is 20.7. The van der Waals surface area contributed by atoms with E-state index < -0.39 is 11.8 Å². The Morgan fingerprint density at radius 1 is 0.977 bits per heavy atom. The van der Waals surface area contributed by atoms with Crippen molar-refractivity contribution < 1.29 is 24.2 Å². The number of likely N-dealkylation sites (tertiary alicyclic amines) is 1. The Hall–Kier alpha value is -3.41. The minimum absolute atomic E-state index is 0.0829. The largest absolute Gasteiger partial charge is 0.489 e. The van der Waals surface area contributed by atoms with Crippen LogP contribution < -0.4 is 20.3 Å². The summed E-state index contributed by atoms with van der Waals surface area (Å²) in [6.45, 7) is 6.76. The predicted molar refractivity (Wildman–Crippen MR) is 168 cm³/mol. The molecule has 2 aliphatic heterocycles. The second kappa shape index (κ2) is 14.4. The molecule has 0 aliphatic carbocycles. The van der Waals surface area contributed by atoms with Gasteiger partial charge in [0.15, 0.2) is 0 Å². The van der Waals surface area contributed by atoms with Gasteiger partial charge in [-0.3, -0.25) is 9.59 Å². The van der Waals surface area contributed by atoms with E-state index in [1.165, 1.54) is 12.3 Å². The number of amides is 2. The lowest BCUT2D eigenvalue weighted by Gasteiger charge is -2.33. The average Bonchev–Trinajstić information content (AvgIpc) is 3.00.